The third kappa shape index (κ3) is 3.14. The lowest BCUT2D eigenvalue weighted by atomic mass is 9.77. The highest BCUT2D eigenvalue weighted by Gasteiger charge is 2.52. The van der Waals surface area contributed by atoms with E-state index >= 15 is 0 Å². The number of hydrogen-bond acceptors (Lipinski definition) is 4. The van der Waals surface area contributed by atoms with Crippen LogP contribution in [0.4, 0.5) is 4.39 Å². The van der Waals surface area contributed by atoms with Crippen LogP contribution in [-0.4, -0.2) is 31.2 Å². The Morgan fingerprint density at radius 3 is 2.32 bits per heavy atom. The van der Waals surface area contributed by atoms with Gasteiger partial charge in [-0.05, 0) is 50.9 Å². The highest BCUT2D eigenvalue weighted by atomic mass is 19.1. The van der Waals surface area contributed by atoms with Gasteiger partial charge in [-0.2, -0.15) is 0 Å². The first kappa shape index (κ1) is 16.9. The van der Waals surface area contributed by atoms with Crippen molar-refractivity contribution in [3.63, 3.8) is 0 Å². The molecule has 1 heterocycles. The van der Waals surface area contributed by atoms with Crippen molar-refractivity contribution >= 4 is 19.5 Å². The minimum absolute atomic E-state index is 0.215. The summed E-state index contributed by atoms with van der Waals surface area (Å²) in [6, 6.07) is 4.04. The fraction of sp³-hybridized carbons (Fsp3) is 0.438. The molecule has 1 saturated heterocycles. The van der Waals surface area contributed by atoms with Crippen molar-refractivity contribution in [1.82, 2.24) is 0 Å². The first-order valence-electron chi connectivity index (χ1n) is 7.21. The van der Waals surface area contributed by atoms with Crippen LogP contribution in [0.5, 0.6) is 0 Å². The minimum atomic E-state index is -0.584. The summed E-state index contributed by atoms with van der Waals surface area (Å²) in [7, 11) is -0.584. The molecular formula is C16H21BFNO3. The normalized spacial score (nSPS) is 20.3. The molecule has 6 heteroatoms. The summed E-state index contributed by atoms with van der Waals surface area (Å²) in [6.45, 7) is 8.03. The Kier molecular flexibility index (Phi) is 4.56. The Bertz CT molecular complexity index is 597. The van der Waals surface area contributed by atoms with Gasteiger partial charge < -0.3 is 15.0 Å². The third-order valence-corrected chi connectivity index (χ3v) is 4.31. The molecule has 1 aliphatic heterocycles. The van der Waals surface area contributed by atoms with Crippen LogP contribution in [-0.2, 0) is 9.31 Å². The van der Waals surface area contributed by atoms with Gasteiger partial charge in [0.15, 0.2) is 6.29 Å². The van der Waals surface area contributed by atoms with Crippen LogP contribution in [0.3, 0.4) is 0 Å². The van der Waals surface area contributed by atoms with E-state index < -0.39 is 24.1 Å². The summed E-state index contributed by atoms with van der Waals surface area (Å²) in [5, 5.41) is 0. The van der Waals surface area contributed by atoms with Crippen molar-refractivity contribution in [2.45, 2.75) is 38.9 Å². The highest BCUT2D eigenvalue weighted by molar-refractivity contribution is 6.56. The molecule has 0 amide bonds. The van der Waals surface area contributed by atoms with Gasteiger partial charge in [0.2, 0.25) is 0 Å². The summed E-state index contributed by atoms with van der Waals surface area (Å²) in [4.78, 5) is 11.1. The topological polar surface area (TPSA) is 61.5 Å². The second-order valence-corrected chi connectivity index (χ2v) is 6.40. The van der Waals surface area contributed by atoms with E-state index in [0.29, 0.717) is 17.3 Å². The lowest BCUT2D eigenvalue weighted by Crippen LogP contribution is -2.41. The van der Waals surface area contributed by atoms with E-state index in [0.717, 1.165) is 0 Å². The molecule has 0 atom stereocenters. The van der Waals surface area contributed by atoms with Crippen LogP contribution < -0.4 is 5.73 Å². The van der Waals surface area contributed by atoms with Gasteiger partial charge in [0, 0.05) is 12.1 Å². The van der Waals surface area contributed by atoms with E-state index in [-0.39, 0.29) is 12.1 Å². The van der Waals surface area contributed by atoms with Crippen molar-refractivity contribution in [2.75, 3.05) is 6.54 Å². The molecule has 0 radical (unpaired) electrons. The zero-order chi connectivity index (χ0) is 16.5. The predicted molar refractivity (Wildman–Crippen MR) is 84.9 cm³/mol. The molecule has 118 valence electrons. The second-order valence-electron chi connectivity index (χ2n) is 6.40. The Labute approximate surface area is 130 Å². The van der Waals surface area contributed by atoms with Crippen molar-refractivity contribution in [2.24, 2.45) is 5.73 Å². The molecule has 2 rings (SSSR count). The van der Waals surface area contributed by atoms with E-state index in [4.69, 9.17) is 15.0 Å². The van der Waals surface area contributed by atoms with E-state index in [1.54, 1.807) is 12.1 Å². The number of halogens is 1. The second kappa shape index (κ2) is 5.95. The van der Waals surface area contributed by atoms with Gasteiger partial charge in [0.1, 0.15) is 5.82 Å². The zero-order valence-corrected chi connectivity index (χ0v) is 13.4. The fourth-order valence-corrected chi connectivity index (χ4v) is 2.20. The molecule has 0 aliphatic carbocycles. The van der Waals surface area contributed by atoms with E-state index in [1.807, 2.05) is 27.7 Å². The maximum Gasteiger partial charge on any atom is 0.491 e. The number of nitrogens with two attached hydrogens (primary N) is 1. The summed E-state index contributed by atoms with van der Waals surface area (Å²) in [5.41, 5.74) is 6.43. The summed E-state index contributed by atoms with van der Waals surface area (Å²) in [5.74, 6) is -0.454. The fourth-order valence-electron chi connectivity index (χ4n) is 2.20. The average molecular weight is 305 g/mol. The van der Waals surface area contributed by atoms with Gasteiger partial charge in [-0.1, -0.05) is 12.1 Å². The lowest BCUT2D eigenvalue weighted by Gasteiger charge is -2.32. The first-order chi connectivity index (χ1) is 10.2. The van der Waals surface area contributed by atoms with Crippen LogP contribution in [0, 0.1) is 5.82 Å². The summed E-state index contributed by atoms with van der Waals surface area (Å²) < 4.78 is 25.1. The zero-order valence-electron chi connectivity index (χ0n) is 13.4. The molecule has 1 fully saturated rings. The highest BCUT2D eigenvalue weighted by Crippen LogP contribution is 2.38. The monoisotopic (exact) mass is 305 g/mol. The van der Waals surface area contributed by atoms with Crippen molar-refractivity contribution in [1.29, 1.82) is 0 Å². The Morgan fingerprint density at radius 2 is 1.82 bits per heavy atom. The van der Waals surface area contributed by atoms with Crippen molar-refractivity contribution in [3.05, 3.63) is 40.6 Å². The molecule has 1 aromatic rings. The molecule has 0 bridgehead atoms. The van der Waals surface area contributed by atoms with Gasteiger partial charge >= 0.3 is 7.12 Å². The maximum absolute atomic E-state index is 13.2. The lowest BCUT2D eigenvalue weighted by molar-refractivity contribution is 0.00578. The Balaban J connectivity index is 2.36. The molecule has 0 spiro atoms. The Hall–Kier alpha value is -1.50. The van der Waals surface area contributed by atoms with Gasteiger partial charge in [-0.25, -0.2) is 4.39 Å². The van der Waals surface area contributed by atoms with Gasteiger partial charge in [0.25, 0.3) is 0 Å². The van der Waals surface area contributed by atoms with Crippen LogP contribution >= 0.6 is 0 Å². The van der Waals surface area contributed by atoms with Gasteiger partial charge in [0.05, 0.1) is 11.2 Å². The largest absolute Gasteiger partial charge is 0.491 e. The standard InChI is InChI=1S/C16H21BFNO3/c1-15(2)16(3,4)22-17(21-15)13(9-19)7-11-5-6-14(18)8-12(11)10-20/h5-8,10H,9,19H2,1-4H3. The maximum atomic E-state index is 13.2. The van der Waals surface area contributed by atoms with Gasteiger partial charge in [-0.3, -0.25) is 4.79 Å². The smallest absolute Gasteiger partial charge is 0.400 e. The minimum Gasteiger partial charge on any atom is -0.400 e. The third-order valence-electron chi connectivity index (χ3n) is 4.31. The molecule has 0 saturated carbocycles. The number of hydrogen-bond donors (Lipinski definition) is 1. The molecule has 2 N–H and O–H groups in total. The molecule has 4 nitrogen and oxygen atoms in total. The van der Waals surface area contributed by atoms with Crippen LogP contribution in [0.2, 0.25) is 0 Å². The number of rotatable bonds is 4. The average Bonchev–Trinajstić information content (AvgIpc) is 2.65. The number of carbonyl (C=O) groups is 1. The quantitative estimate of drug-likeness (QED) is 0.686. The van der Waals surface area contributed by atoms with Crippen molar-refractivity contribution < 1.29 is 18.5 Å². The van der Waals surface area contributed by atoms with E-state index in [1.165, 1.54) is 12.1 Å². The molecule has 1 aliphatic rings. The SMILES string of the molecule is CC1(C)OB(C(=Cc2ccc(F)cc2C=O)CN)OC1(C)C. The predicted octanol–water partition coefficient (Wildman–Crippen LogP) is 2.61. The molecule has 0 aromatic heterocycles. The molecule has 1 aromatic carbocycles. The summed E-state index contributed by atoms with van der Waals surface area (Å²) in [6.07, 6.45) is 2.35. The molecule has 22 heavy (non-hydrogen) atoms. The Morgan fingerprint density at radius 1 is 1.23 bits per heavy atom. The van der Waals surface area contributed by atoms with Gasteiger partial charge in [-0.15, -0.1) is 0 Å². The number of carbonyl (C=O) groups excluding carboxylic acids is 1. The van der Waals surface area contributed by atoms with Crippen LogP contribution in [0.25, 0.3) is 6.08 Å². The van der Waals surface area contributed by atoms with Crippen molar-refractivity contribution in [3.8, 4) is 0 Å². The van der Waals surface area contributed by atoms with E-state index in [9.17, 15) is 9.18 Å². The molecule has 0 unspecified atom stereocenters. The van der Waals surface area contributed by atoms with E-state index in [2.05, 4.69) is 0 Å². The van der Waals surface area contributed by atoms with Crippen LogP contribution in [0.1, 0.15) is 43.6 Å². The number of aldehydes is 1. The van der Waals surface area contributed by atoms with Crippen LogP contribution in [0.15, 0.2) is 23.7 Å². The first-order valence-corrected chi connectivity index (χ1v) is 7.21. The molecular weight excluding hydrogens is 284 g/mol. The summed E-state index contributed by atoms with van der Waals surface area (Å²) >= 11 is 0. The number of benzene rings is 1.